The Bertz CT molecular complexity index is 1480. The molecule has 10 heteroatoms. The van der Waals surface area contributed by atoms with Gasteiger partial charge in [0.2, 0.25) is 5.91 Å². The quantitative estimate of drug-likeness (QED) is 0.257. The van der Waals surface area contributed by atoms with Gasteiger partial charge in [-0.2, -0.15) is 0 Å². The molecule has 0 aliphatic carbocycles. The number of anilines is 2. The molecule has 2 amide bonds. The molecule has 0 bridgehead atoms. The number of nitrogens with one attached hydrogen (secondary N) is 2. The highest BCUT2D eigenvalue weighted by Crippen LogP contribution is 2.21. The van der Waals surface area contributed by atoms with Gasteiger partial charge in [-0.25, -0.2) is 0 Å². The van der Waals surface area contributed by atoms with E-state index in [2.05, 4.69) is 20.8 Å². The Kier molecular flexibility index (Phi) is 7.25. The molecule has 0 aliphatic heterocycles. The maximum atomic E-state index is 12.5. The van der Waals surface area contributed by atoms with Gasteiger partial charge in [0.25, 0.3) is 5.91 Å². The Morgan fingerprint density at radius 3 is 2.64 bits per heavy atom. The maximum absolute atomic E-state index is 12.5. The monoisotopic (exact) mass is 515 g/mol. The number of aromatic nitrogens is 3. The Balaban J connectivity index is 1.11. The summed E-state index contributed by atoms with van der Waals surface area (Å²) in [5.74, 6) is 0.623. The maximum Gasteiger partial charge on any atom is 0.265 e. The summed E-state index contributed by atoms with van der Waals surface area (Å²) in [6.07, 6.45) is 1.87. The topological polar surface area (TPSA) is 97.6 Å². The van der Waals surface area contributed by atoms with Gasteiger partial charge in [-0.3, -0.25) is 14.0 Å². The van der Waals surface area contributed by atoms with Crippen molar-refractivity contribution in [1.29, 1.82) is 0 Å². The SMILES string of the molecule is O=C(CSc1nnc2ccccn12)Nc1cccc(COc2ccc(NC(=O)c3cccs3)cc2)c1. The first-order valence-corrected chi connectivity index (χ1v) is 12.9. The van der Waals surface area contributed by atoms with Crippen LogP contribution in [0.5, 0.6) is 5.75 Å². The van der Waals surface area contributed by atoms with Crippen molar-refractivity contribution in [3.63, 3.8) is 0 Å². The highest BCUT2D eigenvalue weighted by Gasteiger charge is 2.10. The first kappa shape index (κ1) is 23.6. The minimum atomic E-state index is -0.134. The van der Waals surface area contributed by atoms with Crippen LogP contribution in [0.15, 0.2) is 95.6 Å². The van der Waals surface area contributed by atoms with Gasteiger partial charge in [0.15, 0.2) is 10.8 Å². The molecule has 3 heterocycles. The van der Waals surface area contributed by atoms with E-state index in [1.807, 2.05) is 64.5 Å². The molecule has 0 spiro atoms. The van der Waals surface area contributed by atoms with Crippen molar-refractivity contribution in [3.05, 3.63) is 101 Å². The summed E-state index contributed by atoms with van der Waals surface area (Å²) in [4.78, 5) is 25.3. The van der Waals surface area contributed by atoms with Gasteiger partial charge in [-0.1, -0.05) is 36.0 Å². The predicted octanol–water partition coefficient (Wildman–Crippen LogP) is 5.35. The molecule has 2 N–H and O–H groups in total. The number of hydrogen-bond acceptors (Lipinski definition) is 7. The van der Waals surface area contributed by atoms with E-state index in [4.69, 9.17) is 4.74 Å². The van der Waals surface area contributed by atoms with Crippen LogP contribution in [0.25, 0.3) is 5.65 Å². The number of rotatable bonds is 9. The second-order valence-corrected chi connectivity index (χ2v) is 9.58. The van der Waals surface area contributed by atoms with Crippen LogP contribution in [-0.2, 0) is 11.4 Å². The Hall–Kier alpha value is -4.15. The molecule has 5 rings (SSSR count). The first-order chi connectivity index (χ1) is 17.6. The van der Waals surface area contributed by atoms with Crippen LogP contribution >= 0.6 is 23.1 Å². The number of thioether (sulfide) groups is 1. The number of pyridine rings is 1. The van der Waals surface area contributed by atoms with Gasteiger partial charge in [-0.05, 0) is 65.5 Å². The van der Waals surface area contributed by atoms with Gasteiger partial charge in [0.05, 0.1) is 10.6 Å². The summed E-state index contributed by atoms with van der Waals surface area (Å²) in [5.41, 5.74) is 3.05. The van der Waals surface area contributed by atoms with Gasteiger partial charge in [-0.15, -0.1) is 21.5 Å². The molecule has 8 nitrogen and oxygen atoms in total. The minimum Gasteiger partial charge on any atom is -0.489 e. The van der Waals surface area contributed by atoms with E-state index in [1.54, 1.807) is 30.3 Å². The number of benzene rings is 2. The zero-order valence-corrected chi connectivity index (χ0v) is 20.6. The molecule has 0 saturated carbocycles. The standard InChI is InChI=1S/C26H21N5O3S2/c32-24(17-36-26-30-29-23-8-1-2-13-31(23)26)27-20-6-3-5-18(15-20)16-34-21-11-9-19(10-12-21)28-25(33)22-7-4-14-35-22/h1-15H,16-17H2,(H,27,32)(H,28,33). The molecular formula is C26H21N5O3S2. The molecule has 0 unspecified atom stereocenters. The van der Waals surface area contributed by atoms with E-state index in [0.29, 0.717) is 33.8 Å². The Morgan fingerprint density at radius 1 is 0.917 bits per heavy atom. The zero-order valence-electron chi connectivity index (χ0n) is 19.0. The molecule has 0 atom stereocenters. The average molecular weight is 516 g/mol. The summed E-state index contributed by atoms with van der Waals surface area (Å²) < 4.78 is 7.72. The fourth-order valence-electron chi connectivity index (χ4n) is 3.39. The molecule has 0 fully saturated rings. The van der Waals surface area contributed by atoms with Crippen LogP contribution in [0.4, 0.5) is 11.4 Å². The lowest BCUT2D eigenvalue weighted by Crippen LogP contribution is -2.14. The van der Waals surface area contributed by atoms with Crippen LogP contribution in [0, 0.1) is 0 Å². The molecule has 0 aliphatic rings. The highest BCUT2D eigenvalue weighted by molar-refractivity contribution is 7.99. The summed E-state index contributed by atoms with van der Waals surface area (Å²) in [7, 11) is 0. The van der Waals surface area contributed by atoms with Gasteiger partial charge < -0.3 is 15.4 Å². The van der Waals surface area contributed by atoms with Gasteiger partial charge in [0.1, 0.15) is 12.4 Å². The lowest BCUT2D eigenvalue weighted by atomic mass is 10.2. The van der Waals surface area contributed by atoms with E-state index in [9.17, 15) is 9.59 Å². The molecular weight excluding hydrogens is 494 g/mol. The van der Waals surface area contributed by atoms with Crippen molar-refractivity contribution in [2.75, 3.05) is 16.4 Å². The third kappa shape index (κ3) is 5.91. The fraction of sp³-hybridized carbons (Fsp3) is 0.0769. The summed E-state index contributed by atoms with van der Waals surface area (Å²) >= 11 is 2.72. The van der Waals surface area contributed by atoms with Crippen molar-refractivity contribution in [1.82, 2.24) is 14.6 Å². The highest BCUT2D eigenvalue weighted by atomic mass is 32.2. The molecule has 2 aromatic carbocycles. The van der Waals surface area contributed by atoms with Crippen molar-refractivity contribution in [3.8, 4) is 5.75 Å². The van der Waals surface area contributed by atoms with E-state index >= 15 is 0 Å². The summed E-state index contributed by atoms with van der Waals surface area (Å²) in [6.45, 7) is 0.338. The Morgan fingerprint density at radius 2 is 1.81 bits per heavy atom. The van der Waals surface area contributed by atoms with Gasteiger partial charge in [0, 0.05) is 17.6 Å². The third-order valence-electron chi connectivity index (χ3n) is 5.09. The van der Waals surface area contributed by atoms with E-state index in [-0.39, 0.29) is 17.6 Å². The molecule has 5 aromatic rings. The van der Waals surface area contributed by atoms with E-state index < -0.39 is 0 Å². The van der Waals surface area contributed by atoms with Crippen LogP contribution in [0.3, 0.4) is 0 Å². The third-order valence-corrected chi connectivity index (χ3v) is 6.90. The normalized spacial score (nSPS) is 10.8. The smallest absolute Gasteiger partial charge is 0.265 e. The number of ether oxygens (including phenoxy) is 1. The number of carbonyl (C=O) groups is 2. The number of amides is 2. The molecule has 3 aromatic heterocycles. The summed E-state index contributed by atoms with van der Waals surface area (Å²) in [6, 6.07) is 24.0. The first-order valence-electron chi connectivity index (χ1n) is 11.0. The number of carbonyl (C=O) groups excluding carboxylic acids is 2. The minimum absolute atomic E-state index is 0.133. The molecule has 36 heavy (non-hydrogen) atoms. The number of hydrogen-bond donors (Lipinski definition) is 2. The fourth-order valence-corrected chi connectivity index (χ4v) is 4.73. The zero-order chi connectivity index (χ0) is 24.7. The second kappa shape index (κ2) is 11.1. The van der Waals surface area contributed by atoms with Crippen molar-refractivity contribution >= 4 is 51.9 Å². The van der Waals surface area contributed by atoms with Crippen molar-refractivity contribution in [2.45, 2.75) is 11.8 Å². The van der Waals surface area contributed by atoms with Crippen LogP contribution in [0.2, 0.25) is 0 Å². The average Bonchev–Trinajstić information content (AvgIpc) is 3.58. The number of nitrogens with zero attached hydrogens (tertiary/aromatic N) is 3. The second-order valence-electron chi connectivity index (χ2n) is 7.69. The summed E-state index contributed by atoms with van der Waals surface area (Å²) in [5, 5.41) is 16.5. The van der Waals surface area contributed by atoms with E-state index in [1.165, 1.54) is 23.1 Å². The van der Waals surface area contributed by atoms with Crippen molar-refractivity contribution in [2.24, 2.45) is 0 Å². The lowest BCUT2D eigenvalue weighted by Gasteiger charge is -2.10. The van der Waals surface area contributed by atoms with Crippen LogP contribution < -0.4 is 15.4 Å². The Labute approximate surface area is 215 Å². The van der Waals surface area contributed by atoms with E-state index in [0.717, 1.165) is 11.2 Å². The number of thiophene rings is 1. The number of fused-ring (bicyclic) bond motifs is 1. The molecule has 180 valence electrons. The predicted molar refractivity (Wildman–Crippen MR) is 142 cm³/mol. The van der Waals surface area contributed by atoms with Crippen LogP contribution in [-0.4, -0.2) is 32.2 Å². The lowest BCUT2D eigenvalue weighted by molar-refractivity contribution is -0.113. The molecule has 0 radical (unpaired) electrons. The molecule has 0 saturated heterocycles. The largest absolute Gasteiger partial charge is 0.489 e. The van der Waals surface area contributed by atoms with Crippen LogP contribution in [0.1, 0.15) is 15.2 Å². The van der Waals surface area contributed by atoms with Crippen molar-refractivity contribution < 1.29 is 14.3 Å². The van der Waals surface area contributed by atoms with Gasteiger partial charge >= 0.3 is 0 Å².